The van der Waals surface area contributed by atoms with E-state index < -0.39 is 5.60 Å². The van der Waals surface area contributed by atoms with Gasteiger partial charge in [-0.1, -0.05) is 15.9 Å². The number of nitrogens with zero attached hydrogens (tertiary/aromatic N) is 1. The zero-order chi connectivity index (χ0) is 14.1. The molecule has 6 heteroatoms. The molecule has 0 aromatic heterocycles. The average Bonchev–Trinajstić information content (AvgIpc) is 2.62. The van der Waals surface area contributed by atoms with Gasteiger partial charge in [-0.05, 0) is 27.2 Å². The van der Waals surface area contributed by atoms with Crippen molar-refractivity contribution in [3.05, 3.63) is 0 Å². The standard InChI is InChI=1S/C13H18BrNO4/c1-11(2,3)19-10(17)15-5-12-7-18-9(16)8(12)4-13(12,14)6-15/h8H,4-7H2,1-3H3. The van der Waals surface area contributed by atoms with Crippen LogP contribution in [0, 0.1) is 11.3 Å². The highest BCUT2D eigenvalue weighted by atomic mass is 79.9. The van der Waals surface area contributed by atoms with E-state index in [4.69, 9.17) is 9.47 Å². The average molecular weight is 332 g/mol. The van der Waals surface area contributed by atoms with Crippen LogP contribution in [0.1, 0.15) is 27.2 Å². The molecule has 19 heavy (non-hydrogen) atoms. The number of hydrogen-bond donors (Lipinski definition) is 0. The summed E-state index contributed by atoms with van der Waals surface area (Å²) in [5.41, 5.74) is -0.752. The highest BCUT2D eigenvalue weighted by Crippen LogP contribution is 2.66. The monoisotopic (exact) mass is 331 g/mol. The van der Waals surface area contributed by atoms with Gasteiger partial charge in [0.1, 0.15) is 12.2 Å². The first-order valence-corrected chi connectivity index (χ1v) is 7.30. The van der Waals surface area contributed by atoms with E-state index in [1.54, 1.807) is 4.90 Å². The van der Waals surface area contributed by atoms with Crippen molar-refractivity contribution in [2.45, 2.75) is 37.1 Å². The quantitative estimate of drug-likeness (QED) is 0.502. The number of esters is 1. The van der Waals surface area contributed by atoms with Crippen LogP contribution < -0.4 is 0 Å². The lowest BCUT2D eigenvalue weighted by Crippen LogP contribution is -2.59. The van der Waals surface area contributed by atoms with Gasteiger partial charge in [-0.25, -0.2) is 4.79 Å². The van der Waals surface area contributed by atoms with E-state index in [-0.39, 0.29) is 27.7 Å². The lowest BCUT2D eigenvalue weighted by Gasteiger charge is -2.50. The fourth-order valence-electron chi connectivity index (χ4n) is 3.42. The summed E-state index contributed by atoms with van der Waals surface area (Å²) < 4.78 is 10.4. The third-order valence-electron chi connectivity index (χ3n) is 4.41. The van der Waals surface area contributed by atoms with Gasteiger partial charge in [-0.3, -0.25) is 4.79 Å². The number of amides is 1. The molecule has 1 spiro atoms. The Bertz CT molecular complexity index is 460. The van der Waals surface area contributed by atoms with Crippen LogP contribution >= 0.6 is 15.9 Å². The second-order valence-corrected chi connectivity index (χ2v) is 8.34. The Kier molecular flexibility index (Phi) is 2.54. The topological polar surface area (TPSA) is 55.8 Å². The SMILES string of the molecule is CC(C)(C)OC(=O)N1CC2(Br)CC3C(=O)OCC32C1. The number of carbonyl (C=O) groups excluding carboxylic acids is 2. The minimum atomic E-state index is -0.503. The number of hydrogen-bond acceptors (Lipinski definition) is 4. The van der Waals surface area contributed by atoms with E-state index in [9.17, 15) is 9.59 Å². The maximum atomic E-state index is 12.1. The van der Waals surface area contributed by atoms with Gasteiger partial charge in [0.25, 0.3) is 0 Å². The number of halogens is 1. The molecule has 0 aromatic rings. The van der Waals surface area contributed by atoms with Gasteiger partial charge in [0.15, 0.2) is 0 Å². The van der Waals surface area contributed by atoms with E-state index in [0.717, 1.165) is 6.42 Å². The molecule has 3 atom stereocenters. The fourth-order valence-corrected chi connectivity index (χ4v) is 4.56. The Morgan fingerprint density at radius 1 is 1.47 bits per heavy atom. The summed E-state index contributed by atoms with van der Waals surface area (Å²) in [4.78, 5) is 25.5. The van der Waals surface area contributed by atoms with Crippen LogP contribution in [0.5, 0.6) is 0 Å². The molecule has 0 radical (unpaired) electrons. The summed E-state index contributed by atoms with van der Waals surface area (Å²) in [5.74, 6) is -0.194. The largest absolute Gasteiger partial charge is 0.465 e. The number of alkyl halides is 1. The van der Waals surface area contributed by atoms with Crippen molar-refractivity contribution < 1.29 is 19.1 Å². The van der Waals surface area contributed by atoms with E-state index in [2.05, 4.69) is 15.9 Å². The van der Waals surface area contributed by atoms with Crippen molar-refractivity contribution in [3.8, 4) is 0 Å². The molecule has 3 aliphatic rings. The first-order chi connectivity index (χ1) is 8.67. The van der Waals surface area contributed by atoms with Gasteiger partial charge in [0, 0.05) is 13.1 Å². The van der Waals surface area contributed by atoms with Crippen LogP contribution in [0.2, 0.25) is 0 Å². The molecule has 2 aliphatic heterocycles. The summed E-state index contributed by atoms with van der Waals surface area (Å²) in [6.07, 6.45) is 0.429. The smallest absolute Gasteiger partial charge is 0.410 e. The van der Waals surface area contributed by atoms with Crippen LogP contribution in [0.25, 0.3) is 0 Å². The summed E-state index contributed by atoms with van der Waals surface area (Å²) in [7, 11) is 0. The summed E-state index contributed by atoms with van der Waals surface area (Å²) in [6, 6.07) is 0. The third-order valence-corrected chi connectivity index (χ3v) is 5.77. The molecule has 1 saturated carbocycles. The molecule has 0 N–H and O–H groups in total. The lowest BCUT2D eigenvalue weighted by atomic mass is 9.56. The Balaban J connectivity index is 1.77. The molecule has 3 unspecified atom stereocenters. The Hall–Kier alpha value is -0.780. The fraction of sp³-hybridized carbons (Fsp3) is 0.846. The highest BCUT2D eigenvalue weighted by Gasteiger charge is 2.75. The lowest BCUT2D eigenvalue weighted by molar-refractivity contribution is -0.142. The van der Waals surface area contributed by atoms with Gasteiger partial charge < -0.3 is 14.4 Å². The summed E-state index contributed by atoms with van der Waals surface area (Å²) in [5, 5.41) is 0. The van der Waals surface area contributed by atoms with E-state index in [1.165, 1.54) is 0 Å². The van der Waals surface area contributed by atoms with Gasteiger partial charge in [0.2, 0.25) is 0 Å². The number of cyclic esters (lactones) is 1. The molecule has 1 aliphatic carbocycles. The molecule has 5 nitrogen and oxygen atoms in total. The highest BCUT2D eigenvalue weighted by molar-refractivity contribution is 9.10. The molecule has 2 saturated heterocycles. The minimum absolute atomic E-state index is 0.0701. The van der Waals surface area contributed by atoms with E-state index in [0.29, 0.717) is 19.7 Å². The first-order valence-electron chi connectivity index (χ1n) is 6.50. The predicted molar refractivity (Wildman–Crippen MR) is 71.0 cm³/mol. The molecule has 2 heterocycles. The van der Waals surface area contributed by atoms with E-state index in [1.807, 2.05) is 20.8 Å². The van der Waals surface area contributed by atoms with Crippen molar-refractivity contribution in [3.63, 3.8) is 0 Å². The minimum Gasteiger partial charge on any atom is -0.465 e. The Labute approximate surface area is 120 Å². The van der Waals surface area contributed by atoms with Crippen molar-refractivity contribution >= 4 is 28.0 Å². The van der Waals surface area contributed by atoms with Crippen LogP contribution in [0.15, 0.2) is 0 Å². The molecule has 0 aromatic carbocycles. The molecular weight excluding hydrogens is 314 g/mol. The number of likely N-dealkylation sites (tertiary alicyclic amines) is 1. The van der Waals surface area contributed by atoms with Crippen molar-refractivity contribution in [1.29, 1.82) is 0 Å². The zero-order valence-electron chi connectivity index (χ0n) is 11.4. The first kappa shape index (κ1) is 13.2. The van der Waals surface area contributed by atoms with Crippen LogP contribution in [0.4, 0.5) is 4.79 Å². The third kappa shape index (κ3) is 1.72. The molecule has 1 amide bonds. The molecular formula is C13H18BrNO4. The van der Waals surface area contributed by atoms with Crippen molar-refractivity contribution in [1.82, 2.24) is 4.90 Å². The summed E-state index contributed by atoms with van der Waals surface area (Å²) >= 11 is 3.73. The van der Waals surface area contributed by atoms with Crippen molar-refractivity contribution in [2.75, 3.05) is 19.7 Å². The molecule has 106 valence electrons. The van der Waals surface area contributed by atoms with Crippen LogP contribution in [-0.4, -0.2) is 46.6 Å². The molecule has 3 rings (SSSR count). The zero-order valence-corrected chi connectivity index (χ0v) is 12.9. The maximum Gasteiger partial charge on any atom is 0.410 e. The maximum absolute atomic E-state index is 12.1. The van der Waals surface area contributed by atoms with Crippen LogP contribution in [0.3, 0.4) is 0 Å². The predicted octanol–water partition coefficient (Wildman–Crippen LogP) is 1.93. The Morgan fingerprint density at radius 3 is 2.74 bits per heavy atom. The van der Waals surface area contributed by atoms with Gasteiger partial charge in [-0.2, -0.15) is 0 Å². The summed E-state index contributed by atoms with van der Waals surface area (Å²) in [6.45, 7) is 7.06. The number of rotatable bonds is 0. The molecule has 0 bridgehead atoms. The van der Waals surface area contributed by atoms with Gasteiger partial charge in [0.05, 0.1) is 15.7 Å². The second kappa shape index (κ2) is 3.65. The number of ether oxygens (including phenoxy) is 2. The van der Waals surface area contributed by atoms with Gasteiger partial charge >= 0.3 is 12.1 Å². The normalized spacial score (nSPS) is 40.3. The van der Waals surface area contributed by atoms with E-state index >= 15 is 0 Å². The number of carbonyl (C=O) groups is 2. The van der Waals surface area contributed by atoms with Crippen LogP contribution in [-0.2, 0) is 14.3 Å². The molecule has 3 fully saturated rings. The second-order valence-electron chi connectivity index (χ2n) is 6.82. The Morgan fingerprint density at radius 2 is 2.16 bits per heavy atom. The van der Waals surface area contributed by atoms with Gasteiger partial charge in [-0.15, -0.1) is 0 Å². The van der Waals surface area contributed by atoms with Crippen molar-refractivity contribution in [2.24, 2.45) is 11.3 Å².